The van der Waals surface area contributed by atoms with Gasteiger partial charge in [0.15, 0.2) is 0 Å². The van der Waals surface area contributed by atoms with Crippen molar-refractivity contribution in [3.63, 3.8) is 0 Å². The largest absolute Gasteiger partial charge is 0.469 e. The van der Waals surface area contributed by atoms with Crippen molar-refractivity contribution in [2.75, 3.05) is 7.11 Å². The summed E-state index contributed by atoms with van der Waals surface area (Å²) in [7, 11) is 1.41. The molecular weight excluding hydrogens is 328 g/mol. The van der Waals surface area contributed by atoms with Gasteiger partial charge in [-0.2, -0.15) is 0 Å². The molecule has 24 heavy (non-hydrogen) atoms. The lowest BCUT2D eigenvalue weighted by atomic mass is 9.99. The molecule has 0 aromatic heterocycles. The van der Waals surface area contributed by atoms with E-state index in [2.05, 4.69) is 11.7 Å². The Morgan fingerprint density at radius 1 is 0.958 bits per heavy atom. The zero-order valence-corrected chi connectivity index (χ0v) is 16.3. The first-order chi connectivity index (χ1) is 11.5. The Bertz CT molecular complexity index is 299. The molecule has 0 bridgehead atoms. The summed E-state index contributed by atoms with van der Waals surface area (Å²) >= 11 is 6.24. The van der Waals surface area contributed by atoms with Gasteiger partial charge < -0.3 is 14.9 Å². The van der Waals surface area contributed by atoms with Crippen LogP contribution >= 0.6 is 11.6 Å². The fraction of sp³-hybridized carbons (Fsp3) is 0.947. The summed E-state index contributed by atoms with van der Waals surface area (Å²) in [5, 5.41) is 19.7. The van der Waals surface area contributed by atoms with Gasteiger partial charge in [0, 0.05) is 12.8 Å². The van der Waals surface area contributed by atoms with Gasteiger partial charge in [0.2, 0.25) is 0 Å². The molecule has 5 heteroatoms. The fourth-order valence-corrected chi connectivity index (χ4v) is 3.04. The summed E-state index contributed by atoms with van der Waals surface area (Å²) in [5.41, 5.74) is 0. The van der Waals surface area contributed by atoms with Crippen molar-refractivity contribution < 1.29 is 19.7 Å². The van der Waals surface area contributed by atoms with Crippen LogP contribution in [0.3, 0.4) is 0 Å². The molecule has 144 valence electrons. The van der Waals surface area contributed by atoms with E-state index < -0.39 is 12.2 Å². The minimum absolute atomic E-state index is 0.146. The molecule has 0 aromatic rings. The summed E-state index contributed by atoms with van der Waals surface area (Å²) < 4.78 is 4.60. The highest BCUT2D eigenvalue weighted by Gasteiger charge is 2.19. The average Bonchev–Trinajstić information content (AvgIpc) is 2.57. The van der Waals surface area contributed by atoms with Gasteiger partial charge in [0.25, 0.3) is 0 Å². The molecular formula is C19H37ClO4. The Balaban J connectivity index is 3.57. The Morgan fingerprint density at radius 3 is 2.21 bits per heavy atom. The van der Waals surface area contributed by atoms with Crippen LogP contribution in [-0.2, 0) is 9.53 Å². The van der Waals surface area contributed by atoms with Crippen LogP contribution in [0.2, 0.25) is 0 Å². The van der Waals surface area contributed by atoms with Gasteiger partial charge in [-0.1, -0.05) is 58.3 Å². The molecule has 0 aliphatic rings. The van der Waals surface area contributed by atoms with Crippen molar-refractivity contribution >= 4 is 17.6 Å². The summed E-state index contributed by atoms with van der Waals surface area (Å²) in [4.78, 5) is 11.0. The quantitative estimate of drug-likeness (QED) is 0.239. The lowest BCUT2D eigenvalue weighted by Gasteiger charge is -2.20. The number of aliphatic hydroxyl groups is 2. The molecule has 0 aliphatic carbocycles. The van der Waals surface area contributed by atoms with Crippen LogP contribution in [0.1, 0.15) is 90.4 Å². The topological polar surface area (TPSA) is 66.8 Å². The van der Waals surface area contributed by atoms with E-state index in [0.717, 1.165) is 57.8 Å². The first-order valence-corrected chi connectivity index (χ1v) is 10.0. The second-order valence-corrected chi connectivity index (χ2v) is 7.27. The molecule has 0 amide bonds. The van der Waals surface area contributed by atoms with E-state index in [1.807, 2.05) is 0 Å². The Hall–Kier alpha value is -0.320. The predicted octanol–water partition coefficient (Wildman–Crippen LogP) is 4.58. The zero-order chi connectivity index (χ0) is 18.2. The third-order valence-corrected chi connectivity index (χ3v) is 4.92. The van der Waals surface area contributed by atoms with Crippen LogP contribution < -0.4 is 0 Å². The lowest BCUT2D eigenvalue weighted by Crippen LogP contribution is -2.26. The standard InChI is InChI=1S/C19H37ClO4/c1-3-4-5-9-12-16(21)15-18(22)17(20)13-10-7-6-8-11-14-19(23)24-2/h16-18,21-22H,3-15H2,1-2H3. The normalized spacial score (nSPS) is 15.0. The molecule has 2 N–H and O–H groups in total. The maximum absolute atomic E-state index is 11.0. The minimum atomic E-state index is -0.632. The van der Waals surface area contributed by atoms with E-state index in [0.29, 0.717) is 12.8 Å². The first kappa shape index (κ1) is 23.7. The van der Waals surface area contributed by atoms with Gasteiger partial charge in [-0.05, 0) is 19.3 Å². The number of aliphatic hydroxyl groups excluding tert-OH is 2. The number of esters is 1. The summed E-state index contributed by atoms with van der Waals surface area (Å²) in [6.45, 7) is 2.16. The number of unbranched alkanes of at least 4 members (excludes halogenated alkanes) is 7. The van der Waals surface area contributed by atoms with Crippen LogP contribution in [0, 0.1) is 0 Å². The number of carbonyl (C=O) groups is 1. The number of carbonyl (C=O) groups excluding carboxylic acids is 1. The van der Waals surface area contributed by atoms with Gasteiger partial charge in [-0.25, -0.2) is 0 Å². The molecule has 3 atom stereocenters. The highest BCUT2D eigenvalue weighted by Crippen LogP contribution is 2.19. The molecule has 4 nitrogen and oxygen atoms in total. The molecule has 0 heterocycles. The van der Waals surface area contributed by atoms with Crippen molar-refractivity contribution in [3.8, 4) is 0 Å². The van der Waals surface area contributed by atoms with E-state index in [4.69, 9.17) is 11.6 Å². The van der Waals surface area contributed by atoms with Crippen LogP contribution in [0.25, 0.3) is 0 Å². The van der Waals surface area contributed by atoms with E-state index in [1.54, 1.807) is 0 Å². The second kappa shape index (κ2) is 16.2. The molecule has 0 fully saturated rings. The van der Waals surface area contributed by atoms with Crippen molar-refractivity contribution in [3.05, 3.63) is 0 Å². The van der Waals surface area contributed by atoms with Crippen LogP contribution in [-0.4, -0.2) is 40.9 Å². The molecule has 0 aromatic carbocycles. The molecule has 0 saturated carbocycles. The van der Waals surface area contributed by atoms with Gasteiger partial charge in [0.05, 0.1) is 24.7 Å². The number of ether oxygens (including phenoxy) is 1. The van der Waals surface area contributed by atoms with Crippen molar-refractivity contribution in [1.82, 2.24) is 0 Å². The number of methoxy groups -OCH3 is 1. The molecule has 0 saturated heterocycles. The van der Waals surface area contributed by atoms with E-state index in [-0.39, 0.29) is 11.3 Å². The number of alkyl halides is 1. The van der Waals surface area contributed by atoms with Gasteiger partial charge in [0.1, 0.15) is 0 Å². The van der Waals surface area contributed by atoms with Crippen LogP contribution in [0.15, 0.2) is 0 Å². The Labute approximate surface area is 152 Å². The summed E-state index contributed by atoms with van der Waals surface area (Å²) in [6, 6.07) is 0. The highest BCUT2D eigenvalue weighted by atomic mass is 35.5. The SMILES string of the molecule is CCCCCCC(O)CC(O)C(Cl)CCCCCCCC(=O)OC. The van der Waals surface area contributed by atoms with Gasteiger partial charge >= 0.3 is 5.97 Å². The highest BCUT2D eigenvalue weighted by molar-refractivity contribution is 6.21. The first-order valence-electron chi connectivity index (χ1n) is 9.58. The number of hydrogen-bond acceptors (Lipinski definition) is 4. The molecule has 3 unspecified atom stereocenters. The number of halogens is 1. The molecule has 0 rings (SSSR count). The van der Waals surface area contributed by atoms with Crippen molar-refractivity contribution in [1.29, 1.82) is 0 Å². The van der Waals surface area contributed by atoms with Crippen molar-refractivity contribution in [2.45, 2.75) is 108 Å². The summed E-state index contributed by atoms with van der Waals surface area (Å²) in [6.07, 6.45) is 10.8. The smallest absolute Gasteiger partial charge is 0.305 e. The van der Waals surface area contributed by atoms with Crippen molar-refractivity contribution in [2.24, 2.45) is 0 Å². The lowest BCUT2D eigenvalue weighted by molar-refractivity contribution is -0.140. The number of rotatable bonds is 16. The fourth-order valence-electron chi connectivity index (χ4n) is 2.78. The average molecular weight is 365 g/mol. The van der Waals surface area contributed by atoms with Crippen LogP contribution in [0.4, 0.5) is 0 Å². The summed E-state index contributed by atoms with van der Waals surface area (Å²) in [5.74, 6) is -0.146. The Kier molecular flexibility index (Phi) is 15.9. The molecule has 0 aliphatic heterocycles. The maximum atomic E-state index is 11.0. The Morgan fingerprint density at radius 2 is 1.54 bits per heavy atom. The minimum Gasteiger partial charge on any atom is -0.469 e. The molecule has 0 radical (unpaired) electrons. The third-order valence-electron chi connectivity index (χ3n) is 4.41. The monoisotopic (exact) mass is 364 g/mol. The van der Waals surface area contributed by atoms with Crippen LogP contribution in [0.5, 0.6) is 0 Å². The molecule has 0 spiro atoms. The third kappa shape index (κ3) is 14.1. The van der Waals surface area contributed by atoms with E-state index in [1.165, 1.54) is 20.0 Å². The second-order valence-electron chi connectivity index (χ2n) is 6.70. The van der Waals surface area contributed by atoms with Gasteiger partial charge in [-0.3, -0.25) is 4.79 Å². The predicted molar refractivity (Wildman–Crippen MR) is 99.4 cm³/mol. The zero-order valence-electron chi connectivity index (χ0n) is 15.5. The van der Waals surface area contributed by atoms with E-state index >= 15 is 0 Å². The van der Waals surface area contributed by atoms with E-state index in [9.17, 15) is 15.0 Å². The van der Waals surface area contributed by atoms with Gasteiger partial charge in [-0.15, -0.1) is 11.6 Å². The maximum Gasteiger partial charge on any atom is 0.305 e. The number of hydrogen-bond donors (Lipinski definition) is 2.